The van der Waals surface area contributed by atoms with Crippen LogP contribution in [0.3, 0.4) is 0 Å². The SMILES string of the molecule is CCC(CC)[C@@H](O)CC(=O)c1cccc([N+](=O)[O-])c1. The van der Waals surface area contributed by atoms with E-state index in [2.05, 4.69) is 0 Å². The first-order valence-electron chi connectivity index (χ1n) is 6.45. The summed E-state index contributed by atoms with van der Waals surface area (Å²) in [6.07, 6.45) is 0.926. The van der Waals surface area contributed by atoms with Gasteiger partial charge in [0.05, 0.1) is 11.0 Å². The summed E-state index contributed by atoms with van der Waals surface area (Å²) in [5, 5.41) is 20.6. The van der Waals surface area contributed by atoms with E-state index in [0.29, 0.717) is 0 Å². The third-order valence-electron chi connectivity index (χ3n) is 3.37. The van der Waals surface area contributed by atoms with Gasteiger partial charge in [-0.25, -0.2) is 0 Å². The van der Waals surface area contributed by atoms with Crippen LogP contribution in [0, 0.1) is 16.0 Å². The topological polar surface area (TPSA) is 80.4 Å². The third-order valence-corrected chi connectivity index (χ3v) is 3.37. The number of aliphatic hydroxyl groups is 1. The molecule has 0 amide bonds. The Hall–Kier alpha value is -1.75. The van der Waals surface area contributed by atoms with Crippen LogP contribution in [-0.2, 0) is 0 Å². The van der Waals surface area contributed by atoms with Gasteiger partial charge in [-0.2, -0.15) is 0 Å². The Balaban J connectivity index is 2.78. The fourth-order valence-electron chi connectivity index (χ4n) is 2.10. The summed E-state index contributed by atoms with van der Waals surface area (Å²) in [6.45, 7) is 3.93. The molecule has 0 aliphatic carbocycles. The summed E-state index contributed by atoms with van der Waals surface area (Å²) in [4.78, 5) is 22.1. The highest BCUT2D eigenvalue weighted by molar-refractivity contribution is 5.96. The Bertz CT molecular complexity index is 455. The van der Waals surface area contributed by atoms with Crippen LogP contribution in [0.4, 0.5) is 5.69 Å². The van der Waals surface area contributed by atoms with Crippen molar-refractivity contribution in [2.45, 2.75) is 39.2 Å². The van der Waals surface area contributed by atoms with Crippen LogP contribution in [0.25, 0.3) is 0 Å². The van der Waals surface area contributed by atoms with Crippen molar-refractivity contribution in [2.75, 3.05) is 0 Å². The fraction of sp³-hybridized carbons (Fsp3) is 0.500. The Morgan fingerprint density at radius 3 is 2.53 bits per heavy atom. The minimum Gasteiger partial charge on any atom is -0.392 e. The van der Waals surface area contributed by atoms with E-state index >= 15 is 0 Å². The zero-order valence-electron chi connectivity index (χ0n) is 11.2. The first-order valence-corrected chi connectivity index (χ1v) is 6.45. The number of ketones is 1. The number of hydrogen-bond acceptors (Lipinski definition) is 4. The molecule has 0 spiro atoms. The number of Topliss-reactive ketones (excluding diaryl/α,β-unsaturated/α-hetero) is 1. The van der Waals surface area contributed by atoms with Crippen molar-refractivity contribution in [3.8, 4) is 0 Å². The van der Waals surface area contributed by atoms with Gasteiger partial charge in [0.25, 0.3) is 5.69 Å². The van der Waals surface area contributed by atoms with Crippen molar-refractivity contribution in [1.82, 2.24) is 0 Å². The first-order chi connectivity index (χ1) is 8.99. The normalized spacial score (nSPS) is 12.4. The van der Waals surface area contributed by atoms with Crippen LogP contribution in [0.5, 0.6) is 0 Å². The molecule has 0 bridgehead atoms. The molecule has 1 atom stereocenters. The van der Waals surface area contributed by atoms with Crippen LogP contribution in [0.1, 0.15) is 43.5 Å². The average molecular weight is 265 g/mol. The van der Waals surface area contributed by atoms with Crippen molar-refractivity contribution >= 4 is 11.5 Å². The van der Waals surface area contributed by atoms with Crippen LogP contribution < -0.4 is 0 Å². The van der Waals surface area contributed by atoms with Crippen molar-refractivity contribution < 1.29 is 14.8 Å². The lowest BCUT2D eigenvalue weighted by atomic mass is 9.91. The van der Waals surface area contributed by atoms with E-state index in [1.807, 2.05) is 13.8 Å². The zero-order chi connectivity index (χ0) is 14.4. The molecule has 0 heterocycles. The highest BCUT2D eigenvalue weighted by Crippen LogP contribution is 2.20. The fourth-order valence-corrected chi connectivity index (χ4v) is 2.10. The van der Waals surface area contributed by atoms with E-state index in [1.54, 1.807) is 0 Å². The van der Waals surface area contributed by atoms with Crippen LogP contribution in [0.2, 0.25) is 0 Å². The molecule has 5 heteroatoms. The van der Waals surface area contributed by atoms with Gasteiger partial charge in [-0.05, 0) is 5.92 Å². The number of non-ortho nitro benzene ring substituents is 1. The van der Waals surface area contributed by atoms with Gasteiger partial charge in [-0.3, -0.25) is 14.9 Å². The van der Waals surface area contributed by atoms with Gasteiger partial charge in [0.2, 0.25) is 0 Å². The summed E-state index contributed by atoms with van der Waals surface area (Å²) in [7, 11) is 0. The minimum atomic E-state index is -0.693. The van der Waals surface area contributed by atoms with Crippen molar-refractivity contribution in [3.63, 3.8) is 0 Å². The number of rotatable bonds is 7. The first kappa shape index (κ1) is 15.3. The predicted octanol–water partition coefficient (Wildman–Crippen LogP) is 2.96. The molecule has 5 nitrogen and oxygen atoms in total. The van der Waals surface area contributed by atoms with Crippen molar-refractivity contribution in [1.29, 1.82) is 0 Å². The molecular formula is C14H19NO4. The van der Waals surface area contributed by atoms with Crippen LogP contribution >= 0.6 is 0 Å². The molecule has 0 saturated heterocycles. The number of carbonyl (C=O) groups is 1. The number of nitro groups is 1. The molecule has 0 aliphatic rings. The highest BCUT2D eigenvalue weighted by atomic mass is 16.6. The highest BCUT2D eigenvalue weighted by Gasteiger charge is 2.20. The van der Waals surface area contributed by atoms with Gasteiger partial charge < -0.3 is 5.11 Å². The molecule has 19 heavy (non-hydrogen) atoms. The number of aliphatic hydroxyl groups excluding tert-OH is 1. The summed E-state index contributed by atoms with van der Waals surface area (Å²) in [5.41, 5.74) is 0.169. The standard InChI is InChI=1S/C14H19NO4/c1-3-10(4-2)13(16)9-14(17)11-6-5-7-12(8-11)15(18)19/h5-8,10,13,16H,3-4,9H2,1-2H3/t13-/m0/s1. The van der Waals surface area contributed by atoms with Gasteiger partial charge in [-0.15, -0.1) is 0 Å². The largest absolute Gasteiger partial charge is 0.392 e. The molecule has 1 rings (SSSR count). The molecule has 104 valence electrons. The summed E-state index contributed by atoms with van der Waals surface area (Å²) < 4.78 is 0. The minimum absolute atomic E-state index is 0.00745. The molecule has 1 N–H and O–H groups in total. The number of nitro benzene ring substituents is 1. The molecule has 1 aromatic rings. The lowest BCUT2D eigenvalue weighted by Gasteiger charge is -2.19. The smallest absolute Gasteiger partial charge is 0.270 e. The van der Waals surface area contributed by atoms with E-state index < -0.39 is 11.0 Å². The Kier molecular flexibility index (Phi) is 5.63. The zero-order valence-corrected chi connectivity index (χ0v) is 11.2. The van der Waals surface area contributed by atoms with Gasteiger partial charge >= 0.3 is 0 Å². The number of hydrogen-bond donors (Lipinski definition) is 1. The molecule has 0 aromatic heterocycles. The second kappa shape index (κ2) is 6.99. The summed E-state index contributed by atoms with van der Waals surface area (Å²) in [5.74, 6) is -0.175. The second-order valence-electron chi connectivity index (χ2n) is 4.58. The number of nitrogens with zero attached hydrogens (tertiary/aromatic N) is 1. The number of carbonyl (C=O) groups excluding carboxylic acids is 1. The third kappa shape index (κ3) is 4.13. The van der Waals surface area contributed by atoms with E-state index in [0.717, 1.165) is 12.8 Å². The maximum atomic E-state index is 12.0. The second-order valence-corrected chi connectivity index (χ2v) is 4.58. The number of benzene rings is 1. The maximum Gasteiger partial charge on any atom is 0.270 e. The van der Waals surface area contributed by atoms with Gasteiger partial charge in [0, 0.05) is 24.1 Å². The van der Waals surface area contributed by atoms with Gasteiger partial charge in [0.15, 0.2) is 5.78 Å². The predicted molar refractivity (Wildman–Crippen MR) is 72.1 cm³/mol. The van der Waals surface area contributed by atoms with Crippen molar-refractivity contribution in [2.24, 2.45) is 5.92 Å². The molecule has 0 saturated carbocycles. The van der Waals surface area contributed by atoms with E-state index in [4.69, 9.17) is 0 Å². The van der Waals surface area contributed by atoms with Gasteiger partial charge in [-0.1, -0.05) is 38.8 Å². The van der Waals surface area contributed by atoms with Crippen LogP contribution in [-0.4, -0.2) is 21.9 Å². The Morgan fingerprint density at radius 2 is 2.00 bits per heavy atom. The molecule has 0 radical (unpaired) electrons. The van der Waals surface area contributed by atoms with E-state index in [-0.39, 0.29) is 29.4 Å². The van der Waals surface area contributed by atoms with E-state index in [9.17, 15) is 20.0 Å². The lowest BCUT2D eigenvalue weighted by molar-refractivity contribution is -0.384. The Morgan fingerprint density at radius 1 is 1.37 bits per heavy atom. The molecule has 1 aromatic carbocycles. The molecule has 0 aliphatic heterocycles. The molecular weight excluding hydrogens is 246 g/mol. The Labute approximate surface area is 112 Å². The monoisotopic (exact) mass is 265 g/mol. The van der Waals surface area contributed by atoms with Crippen molar-refractivity contribution in [3.05, 3.63) is 39.9 Å². The quantitative estimate of drug-likeness (QED) is 0.467. The average Bonchev–Trinajstić information content (AvgIpc) is 2.40. The molecule has 0 fully saturated rings. The lowest BCUT2D eigenvalue weighted by Crippen LogP contribution is -2.22. The maximum absolute atomic E-state index is 12.0. The summed E-state index contributed by atoms with van der Waals surface area (Å²) >= 11 is 0. The molecule has 0 unspecified atom stereocenters. The van der Waals surface area contributed by atoms with E-state index in [1.165, 1.54) is 24.3 Å². The van der Waals surface area contributed by atoms with Crippen LogP contribution in [0.15, 0.2) is 24.3 Å². The summed E-state index contributed by atoms with van der Waals surface area (Å²) in [6, 6.07) is 5.61. The van der Waals surface area contributed by atoms with Gasteiger partial charge in [0.1, 0.15) is 0 Å².